The van der Waals surface area contributed by atoms with Gasteiger partial charge in [0.1, 0.15) is 0 Å². The molecule has 19 heavy (non-hydrogen) atoms. The smallest absolute Gasteiger partial charge is 0.239 e. The standard InChI is InChI=1S/C14H19N3O.ClH/c1-2-8-16-14(18)10-17-9-4-5-11-12(15)6-3-7-13(11)17;/h2-3,6-7H,1,4-5,8-10,15H2,(H,16,18);1H. The number of nitrogen functional groups attached to an aromatic ring is 1. The molecule has 0 unspecified atom stereocenters. The van der Waals surface area contributed by atoms with Gasteiger partial charge in [-0.2, -0.15) is 0 Å². The van der Waals surface area contributed by atoms with Gasteiger partial charge in [-0.15, -0.1) is 19.0 Å². The molecule has 2 rings (SSSR count). The zero-order valence-electron chi connectivity index (χ0n) is 10.9. The molecule has 3 N–H and O–H groups in total. The number of nitrogens with two attached hydrogens (primary N) is 1. The Hall–Kier alpha value is -1.68. The van der Waals surface area contributed by atoms with E-state index in [4.69, 9.17) is 5.73 Å². The van der Waals surface area contributed by atoms with Gasteiger partial charge in [0.2, 0.25) is 5.91 Å². The van der Waals surface area contributed by atoms with E-state index in [1.165, 1.54) is 5.56 Å². The van der Waals surface area contributed by atoms with Gasteiger partial charge >= 0.3 is 0 Å². The van der Waals surface area contributed by atoms with Gasteiger partial charge in [-0.05, 0) is 30.5 Å². The fourth-order valence-corrected chi connectivity index (χ4v) is 2.31. The topological polar surface area (TPSA) is 58.4 Å². The number of hydrogen-bond donors (Lipinski definition) is 2. The number of hydrogen-bond acceptors (Lipinski definition) is 3. The van der Waals surface area contributed by atoms with E-state index in [0.29, 0.717) is 13.1 Å². The Morgan fingerprint density at radius 3 is 3.05 bits per heavy atom. The summed E-state index contributed by atoms with van der Waals surface area (Å²) in [6.07, 6.45) is 3.71. The van der Waals surface area contributed by atoms with E-state index >= 15 is 0 Å². The molecule has 0 fully saturated rings. The molecule has 1 aromatic rings. The van der Waals surface area contributed by atoms with E-state index in [9.17, 15) is 4.79 Å². The van der Waals surface area contributed by atoms with E-state index < -0.39 is 0 Å². The molecule has 0 spiro atoms. The Labute approximate surface area is 120 Å². The molecule has 0 bridgehead atoms. The van der Waals surface area contributed by atoms with Gasteiger partial charge in [0.25, 0.3) is 0 Å². The zero-order chi connectivity index (χ0) is 13.0. The molecule has 5 heteroatoms. The van der Waals surface area contributed by atoms with Crippen molar-refractivity contribution in [2.45, 2.75) is 12.8 Å². The van der Waals surface area contributed by atoms with Crippen LogP contribution < -0.4 is 16.0 Å². The van der Waals surface area contributed by atoms with Crippen LogP contribution in [0.1, 0.15) is 12.0 Å². The lowest BCUT2D eigenvalue weighted by Crippen LogP contribution is -2.40. The highest BCUT2D eigenvalue weighted by Gasteiger charge is 2.20. The second-order valence-corrected chi connectivity index (χ2v) is 4.46. The molecular weight excluding hydrogens is 262 g/mol. The summed E-state index contributed by atoms with van der Waals surface area (Å²) in [4.78, 5) is 13.8. The number of carbonyl (C=O) groups is 1. The molecule has 1 aliphatic heterocycles. The summed E-state index contributed by atoms with van der Waals surface area (Å²) in [6.45, 7) is 5.37. The van der Waals surface area contributed by atoms with Crippen LogP contribution in [-0.4, -0.2) is 25.5 Å². The van der Waals surface area contributed by atoms with Crippen LogP contribution in [0, 0.1) is 0 Å². The minimum atomic E-state index is 0. The molecule has 0 aromatic heterocycles. The molecule has 0 atom stereocenters. The summed E-state index contributed by atoms with van der Waals surface area (Å²) >= 11 is 0. The number of nitrogens with one attached hydrogen (secondary N) is 1. The zero-order valence-corrected chi connectivity index (χ0v) is 11.7. The maximum atomic E-state index is 11.7. The van der Waals surface area contributed by atoms with Crippen LogP contribution in [0.2, 0.25) is 0 Å². The van der Waals surface area contributed by atoms with Crippen molar-refractivity contribution in [3.8, 4) is 0 Å². The Balaban J connectivity index is 0.00000180. The summed E-state index contributed by atoms with van der Waals surface area (Å²) in [6, 6.07) is 5.89. The highest BCUT2D eigenvalue weighted by atomic mass is 35.5. The molecule has 1 aromatic carbocycles. The first-order valence-corrected chi connectivity index (χ1v) is 6.22. The first-order valence-electron chi connectivity index (χ1n) is 6.22. The average molecular weight is 282 g/mol. The minimum Gasteiger partial charge on any atom is -0.398 e. The monoisotopic (exact) mass is 281 g/mol. The van der Waals surface area contributed by atoms with Gasteiger partial charge in [0, 0.05) is 24.5 Å². The third kappa shape index (κ3) is 3.64. The predicted molar refractivity (Wildman–Crippen MR) is 81.8 cm³/mol. The predicted octanol–water partition coefficient (Wildman–Crippen LogP) is 1.75. The lowest BCUT2D eigenvalue weighted by Gasteiger charge is -2.31. The van der Waals surface area contributed by atoms with Crippen molar-refractivity contribution in [2.24, 2.45) is 0 Å². The largest absolute Gasteiger partial charge is 0.398 e. The molecule has 0 saturated carbocycles. The fraction of sp³-hybridized carbons (Fsp3) is 0.357. The van der Waals surface area contributed by atoms with Gasteiger partial charge in [0.15, 0.2) is 0 Å². The first kappa shape index (κ1) is 15.4. The number of amides is 1. The van der Waals surface area contributed by atoms with E-state index in [0.717, 1.165) is 30.8 Å². The number of anilines is 2. The Morgan fingerprint density at radius 1 is 1.53 bits per heavy atom. The summed E-state index contributed by atoms with van der Waals surface area (Å²) in [5, 5.41) is 2.80. The average Bonchev–Trinajstić information content (AvgIpc) is 2.38. The van der Waals surface area contributed by atoms with E-state index in [1.54, 1.807) is 6.08 Å². The summed E-state index contributed by atoms with van der Waals surface area (Å²) in [5.74, 6) is 0.0187. The summed E-state index contributed by atoms with van der Waals surface area (Å²) < 4.78 is 0. The third-order valence-electron chi connectivity index (χ3n) is 3.16. The van der Waals surface area contributed by atoms with Crippen LogP contribution in [0.25, 0.3) is 0 Å². The lowest BCUT2D eigenvalue weighted by molar-refractivity contribution is -0.119. The van der Waals surface area contributed by atoms with Gasteiger partial charge in [-0.25, -0.2) is 0 Å². The van der Waals surface area contributed by atoms with E-state index in [2.05, 4.69) is 16.8 Å². The third-order valence-corrected chi connectivity index (χ3v) is 3.16. The highest BCUT2D eigenvalue weighted by molar-refractivity contribution is 5.85. The van der Waals surface area contributed by atoms with Gasteiger partial charge in [0.05, 0.1) is 6.54 Å². The summed E-state index contributed by atoms with van der Waals surface area (Å²) in [7, 11) is 0. The molecule has 0 saturated heterocycles. The van der Waals surface area contributed by atoms with Crippen molar-refractivity contribution in [1.29, 1.82) is 0 Å². The van der Waals surface area contributed by atoms with Crippen molar-refractivity contribution in [2.75, 3.05) is 30.3 Å². The highest BCUT2D eigenvalue weighted by Crippen LogP contribution is 2.30. The lowest BCUT2D eigenvalue weighted by atomic mass is 10.00. The van der Waals surface area contributed by atoms with Crippen LogP contribution >= 0.6 is 12.4 Å². The van der Waals surface area contributed by atoms with Gasteiger partial charge < -0.3 is 16.0 Å². The van der Waals surface area contributed by atoms with E-state index in [-0.39, 0.29) is 18.3 Å². The molecule has 1 heterocycles. The minimum absolute atomic E-state index is 0. The van der Waals surface area contributed by atoms with Crippen LogP contribution in [0.15, 0.2) is 30.9 Å². The van der Waals surface area contributed by atoms with Crippen molar-refractivity contribution < 1.29 is 4.79 Å². The quantitative estimate of drug-likeness (QED) is 0.653. The summed E-state index contributed by atoms with van der Waals surface area (Å²) in [5.41, 5.74) is 9.06. The Morgan fingerprint density at radius 2 is 2.32 bits per heavy atom. The molecule has 1 aliphatic rings. The van der Waals surface area contributed by atoms with Gasteiger partial charge in [-0.1, -0.05) is 12.1 Å². The molecule has 0 radical (unpaired) electrons. The van der Waals surface area contributed by atoms with Gasteiger partial charge in [-0.3, -0.25) is 4.79 Å². The number of carbonyl (C=O) groups excluding carboxylic acids is 1. The van der Waals surface area contributed by atoms with Crippen molar-refractivity contribution in [3.05, 3.63) is 36.4 Å². The number of benzene rings is 1. The van der Waals surface area contributed by atoms with Crippen molar-refractivity contribution >= 4 is 29.7 Å². The van der Waals surface area contributed by atoms with Crippen molar-refractivity contribution in [1.82, 2.24) is 5.32 Å². The Kier molecular flexibility index (Phi) is 5.70. The Bertz CT molecular complexity index is 462. The van der Waals surface area contributed by atoms with Crippen LogP contribution in [0.5, 0.6) is 0 Å². The number of nitrogens with zero attached hydrogens (tertiary/aromatic N) is 1. The molecular formula is C14H20ClN3O. The number of halogens is 1. The molecule has 1 amide bonds. The van der Waals surface area contributed by atoms with Crippen LogP contribution in [-0.2, 0) is 11.2 Å². The number of rotatable bonds is 4. The van der Waals surface area contributed by atoms with E-state index in [1.807, 2.05) is 18.2 Å². The maximum Gasteiger partial charge on any atom is 0.239 e. The number of fused-ring (bicyclic) bond motifs is 1. The van der Waals surface area contributed by atoms with Crippen molar-refractivity contribution in [3.63, 3.8) is 0 Å². The molecule has 0 aliphatic carbocycles. The second kappa shape index (κ2) is 7.04. The van der Waals surface area contributed by atoms with Crippen LogP contribution in [0.4, 0.5) is 11.4 Å². The van der Waals surface area contributed by atoms with Crippen LogP contribution in [0.3, 0.4) is 0 Å². The first-order chi connectivity index (χ1) is 8.72. The second-order valence-electron chi connectivity index (χ2n) is 4.46. The maximum absolute atomic E-state index is 11.7. The normalized spacial score (nSPS) is 13.2. The SMILES string of the molecule is C=CCNC(=O)CN1CCCc2c(N)cccc21.Cl. The molecule has 104 valence electrons. The fourth-order valence-electron chi connectivity index (χ4n) is 2.31. The molecule has 4 nitrogen and oxygen atoms in total.